The molecule has 0 fully saturated rings. The Balaban J connectivity index is 1.70. The van der Waals surface area contributed by atoms with Crippen molar-refractivity contribution in [3.8, 4) is 5.75 Å². The largest absolute Gasteiger partial charge is 0.435 e. The number of amides is 6. The smallest absolute Gasteiger partial charge is 0.387 e. The van der Waals surface area contributed by atoms with Gasteiger partial charge in [0.1, 0.15) is 34.6 Å². The molecule has 2 heterocycles. The van der Waals surface area contributed by atoms with Gasteiger partial charge >= 0.3 is 6.61 Å². The molecule has 53 heavy (non-hydrogen) atoms. The van der Waals surface area contributed by atoms with E-state index in [1.54, 1.807) is 13.8 Å². The number of halogens is 2. The Morgan fingerprint density at radius 2 is 1.64 bits per heavy atom. The number of thiazole rings is 1. The van der Waals surface area contributed by atoms with Gasteiger partial charge in [-0.3, -0.25) is 28.8 Å². The summed E-state index contributed by atoms with van der Waals surface area (Å²) in [5.74, 6) is -4.38. The molecule has 2 aromatic carbocycles. The Labute approximate surface area is 309 Å². The lowest BCUT2D eigenvalue weighted by Gasteiger charge is -2.29. The molecule has 1 aromatic heterocycles. The maximum Gasteiger partial charge on any atom is 0.387 e. The minimum Gasteiger partial charge on any atom is -0.435 e. The lowest BCUT2D eigenvalue weighted by Crippen LogP contribution is -2.57. The zero-order valence-corrected chi connectivity index (χ0v) is 30.7. The van der Waals surface area contributed by atoms with Crippen molar-refractivity contribution in [3.63, 3.8) is 0 Å². The number of aromatic nitrogens is 1. The average Bonchev–Trinajstić information content (AvgIpc) is 3.61. The lowest BCUT2D eigenvalue weighted by molar-refractivity contribution is -0.136. The van der Waals surface area contributed by atoms with Crippen molar-refractivity contribution < 1.29 is 42.3 Å². The van der Waals surface area contributed by atoms with Crippen molar-refractivity contribution >= 4 is 46.8 Å². The molecule has 0 radical (unpaired) electrons. The zero-order valence-electron chi connectivity index (χ0n) is 29.9. The highest BCUT2D eigenvalue weighted by molar-refractivity contribution is 7.09. The van der Waals surface area contributed by atoms with Crippen LogP contribution >= 0.6 is 11.3 Å². The first-order chi connectivity index (χ1) is 25.1. The highest BCUT2D eigenvalue weighted by Crippen LogP contribution is 2.23. The molecule has 0 saturated heterocycles. The van der Waals surface area contributed by atoms with Crippen molar-refractivity contribution in [3.05, 3.63) is 81.8 Å². The van der Waals surface area contributed by atoms with Crippen LogP contribution in [0.3, 0.4) is 0 Å². The van der Waals surface area contributed by atoms with Crippen LogP contribution in [0.25, 0.3) is 0 Å². The third-order valence-electron chi connectivity index (χ3n) is 8.40. The van der Waals surface area contributed by atoms with E-state index in [1.807, 2.05) is 30.3 Å². The Morgan fingerprint density at radius 3 is 2.32 bits per heavy atom. The van der Waals surface area contributed by atoms with Crippen molar-refractivity contribution in [1.82, 2.24) is 36.1 Å². The summed E-state index contributed by atoms with van der Waals surface area (Å²) in [5, 5.41) is 12.6. The number of alkyl halides is 2. The van der Waals surface area contributed by atoms with Gasteiger partial charge in [-0.15, -0.1) is 11.3 Å². The summed E-state index contributed by atoms with van der Waals surface area (Å²) in [6.45, 7) is 2.48. The predicted molar refractivity (Wildman–Crippen MR) is 191 cm³/mol. The summed E-state index contributed by atoms with van der Waals surface area (Å²) < 4.78 is 30.4. The summed E-state index contributed by atoms with van der Waals surface area (Å²) in [4.78, 5) is 87.5. The standard InChI is InChI=1S/C36H43F2N7O7S/c1-20(2)29-32(49)40-22(4)34(50)44(5)14-15-45(35(51)24-12-9-13-25(17-24)52-36(37)38)18-28(46)41-26(16-23-10-7-6-8-11-23)33-42-27(19-53-33)31(48)39-21(3)30(47)43-29/h6-13,17,19-22,26,29,36H,14-16,18H2,1-5H3,(H,39,48)(H,40,49)(H,41,46)(H,43,47)/t21-,22+,26-,29-/m0/s1. The van der Waals surface area contributed by atoms with Gasteiger partial charge < -0.3 is 35.8 Å². The molecule has 0 saturated carbocycles. The number of carbonyl (C=O) groups excluding carboxylic acids is 6. The lowest BCUT2D eigenvalue weighted by atomic mass is 10.0. The van der Waals surface area contributed by atoms with E-state index in [2.05, 4.69) is 31.0 Å². The van der Waals surface area contributed by atoms with Crippen molar-refractivity contribution in [1.29, 1.82) is 0 Å². The highest BCUT2D eigenvalue weighted by Gasteiger charge is 2.31. The van der Waals surface area contributed by atoms with Crippen LogP contribution in [0.2, 0.25) is 0 Å². The van der Waals surface area contributed by atoms with Gasteiger partial charge in [-0.25, -0.2) is 4.98 Å². The maximum atomic E-state index is 13.8. The van der Waals surface area contributed by atoms with Crippen LogP contribution in [-0.2, 0) is 25.6 Å². The summed E-state index contributed by atoms with van der Waals surface area (Å²) in [6.07, 6.45) is 0.271. The fourth-order valence-corrected chi connectivity index (χ4v) is 6.33. The molecule has 6 amide bonds. The number of fused-ring (bicyclic) bond motifs is 2. The molecule has 3 aromatic rings. The Morgan fingerprint density at radius 1 is 0.925 bits per heavy atom. The van der Waals surface area contributed by atoms with Crippen LogP contribution in [-0.4, -0.2) is 102 Å². The van der Waals surface area contributed by atoms with Crippen LogP contribution in [0.15, 0.2) is 60.0 Å². The number of benzene rings is 2. The van der Waals surface area contributed by atoms with E-state index in [1.165, 1.54) is 54.3 Å². The fraction of sp³-hybridized carbons (Fsp3) is 0.417. The van der Waals surface area contributed by atoms with Gasteiger partial charge in [0.25, 0.3) is 11.8 Å². The van der Waals surface area contributed by atoms with Gasteiger partial charge in [-0.1, -0.05) is 50.2 Å². The Hall–Kier alpha value is -5.45. The van der Waals surface area contributed by atoms with Gasteiger partial charge in [-0.2, -0.15) is 8.78 Å². The average molecular weight is 756 g/mol. The Bertz CT molecular complexity index is 1790. The van der Waals surface area contributed by atoms with E-state index in [4.69, 9.17) is 0 Å². The van der Waals surface area contributed by atoms with E-state index >= 15 is 0 Å². The van der Waals surface area contributed by atoms with Gasteiger partial charge in [0, 0.05) is 31.1 Å². The molecular formula is C36H43F2N7O7S. The van der Waals surface area contributed by atoms with Crippen LogP contribution in [0.5, 0.6) is 5.75 Å². The first-order valence-electron chi connectivity index (χ1n) is 16.9. The number of likely N-dealkylation sites (N-methyl/N-ethyl adjacent to an activating group) is 1. The third-order valence-corrected chi connectivity index (χ3v) is 9.36. The molecule has 14 nitrogen and oxygen atoms in total. The number of carbonyl (C=O) groups is 6. The molecule has 0 unspecified atom stereocenters. The van der Waals surface area contributed by atoms with Gasteiger partial charge in [0.05, 0.1) is 12.6 Å². The van der Waals surface area contributed by atoms with Crippen LogP contribution in [0, 0.1) is 5.92 Å². The predicted octanol–water partition coefficient (Wildman–Crippen LogP) is 2.52. The maximum absolute atomic E-state index is 13.8. The number of nitrogens with one attached hydrogen (secondary N) is 4. The first kappa shape index (κ1) is 40.3. The summed E-state index contributed by atoms with van der Waals surface area (Å²) in [6, 6.07) is 10.4. The summed E-state index contributed by atoms with van der Waals surface area (Å²) in [7, 11) is 1.46. The monoisotopic (exact) mass is 755 g/mol. The number of rotatable bonds is 6. The number of ether oxygens (including phenoxy) is 1. The molecule has 4 rings (SSSR count). The number of nitrogens with zero attached hydrogens (tertiary/aromatic N) is 3. The number of hydrogen-bond donors (Lipinski definition) is 4. The molecule has 17 heteroatoms. The van der Waals surface area contributed by atoms with Gasteiger partial charge in [-0.05, 0) is 49.9 Å². The van der Waals surface area contributed by atoms with Crippen LogP contribution < -0.4 is 26.0 Å². The minimum atomic E-state index is -3.13. The first-order valence-corrected chi connectivity index (χ1v) is 17.8. The normalized spacial score (nSPS) is 21.3. The summed E-state index contributed by atoms with van der Waals surface area (Å²) >= 11 is 1.11. The molecule has 2 bridgehead atoms. The van der Waals surface area contributed by atoms with E-state index in [0.29, 0.717) is 5.01 Å². The second-order valence-corrected chi connectivity index (χ2v) is 13.8. The quantitative estimate of drug-likeness (QED) is 0.297. The number of hydrogen-bond acceptors (Lipinski definition) is 9. The van der Waals surface area contributed by atoms with E-state index in [-0.39, 0.29) is 42.4 Å². The SMILES string of the molecule is CC(C)[C@@H]1NC(=O)[C@H](C)NC(=O)c2csc(n2)[C@H](Cc2ccccc2)NC(=O)CN(C(=O)c2cccc(OC(F)F)c2)CCN(C)C(=O)[C@@H](C)NC1=O. The van der Waals surface area contributed by atoms with Crippen LogP contribution in [0.1, 0.15) is 65.2 Å². The van der Waals surface area contributed by atoms with Crippen molar-refractivity contribution in [2.75, 3.05) is 26.7 Å². The topological polar surface area (TPSA) is 179 Å². The fourth-order valence-electron chi connectivity index (χ4n) is 5.48. The van der Waals surface area contributed by atoms with E-state index in [0.717, 1.165) is 23.0 Å². The second kappa shape index (κ2) is 18.3. The molecule has 4 N–H and O–H groups in total. The molecule has 4 atom stereocenters. The third kappa shape index (κ3) is 11.3. The van der Waals surface area contributed by atoms with Gasteiger partial charge in [0.15, 0.2) is 0 Å². The minimum absolute atomic E-state index is 0.000850. The van der Waals surface area contributed by atoms with E-state index in [9.17, 15) is 37.5 Å². The molecular weight excluding hydrogens is 713 g/mol. The molecule has 284 valence electrons. The summed E-state index contributed by atoms with van der Waals surface area (Å²) in [5.41, 5.74) is 0.804. The Kier molecular flexibility index (Phi) is 14.0. The molecule has 1 aliphatic rings. The second-order valence-electron chi connectivity index (χ2n) is 12.9. The van der Waals surface area contributed by atoms with E-state index < -0.39 is 72.8 Å². The van der Waals surface area contributed by atoms with Crippen molar-refractivity contribution in [2.45, 2.75) is 64.9 Å². The van der Waals surface area contributed by atoms with Crippen molar-refractivity contribution in [2.24, 2.45) is 5.92 Å². The molecule has 0 aliphatic carbocycles. The van der Waals surface area contributed by atoms with Gasteiger partial charge in [0.2, 0.25) is 23.6 Å². The zero-order chi connectivity index (χ0) is 38.8. The van der Waals surface area contributed by atoms with Crippen LogP contribution in [0.4, 0.5) is 8.78 Å². The highest BCUT2D eigenvalue weighted by atomic mass is 32.1. The molecule has 1 aliphatic heterocycles. The molecule has 0 spiro atoms.